The summed E-state index contributed by atoms with van der Waals surface area (Å²) in [5, 5.41) is 2.70. The van der Waals surface area contributed by atoms with Crippen molar-refractivity contribution in [3.63, 3.8) is 0 Å². The molecule has 4 heteroatoms. The van der Waals surface area contributed by atoms with E-state index in [2.05, 4.69) is 5.32 Å². The Morgan fingerprint density at radius 2 is 2.29 bits per heavy atom. The molecule has 0 radical (unpaired) electrons. The Balaban J connectivity index is 2.35. The lowest BCUT2D eigenvalue weighted by atomic mass is 10.1. The summed E-state index contributed by atoms with van der Waals surface area (Å²) in [5.74, 6) is -0.0591. The quantitative estimate of drug-likeness (QED) is 0.717. The van der Waals surface area contributed by atoms with Gasteiger partial charge in [-0.2, -0.15) is 0 Å². The molecule has 2 unspecified atom stereocenters. The maximum atomic E-state index is 11.5. The largest absolute Gasteiger partial charge is 0.381 e. The summed E-state index contributed by atoms with van der Waals surface area (Å²) in [4.78, 5) is 22.7. The fourth-order valence-corrected chi connectivity index (χ4v) is 1.46. The summed E-state index contributed by atoms with van der Waals surface area (Å²) in [5.41, 5.74) is 0. The van der Waals surface area contributed by atoms with Crippen LogP contribution < -0.4 is 5.32 Å². The van der Waals surface area contributed by atoms with Crippen molar-refractivity contribution in [1.29, 1.82) is 0 Å². The highest BCUT2D eigenvalue weighted by Crippen LogP contribution is 2.12. The van der Waals surface area contributed by atoms with E-state index < -0.39 is 0 Å². The summed E-state index contributed by atoms with van der Waals surface area (Å²) in [6.07, 6.45) is 1.22. The van der Waals surface area contributed by atoms with Crippen LogP contribution in [0.15, 0.2) is 0 Å². The Morgan fingerprint density at radius 1 is 1.57 bits per heavy atom. The van der Waals surface area contributed by atoms with Gasteiger partial charge in [-0.3, -0.25) is 9.59 Å². The average molecular weight is 199 g/mol. The van der Waals surface area contributed by atoms with Gasteiger partial charge in [0.15, 0.2) is 5.78 Å². The lowest BCUT2D eigenvalue weighted by Gasteiger charge is -2.14. The minimum absolute atomic E-state index is 0.0585. The Kier molecular flexibility index (Phi) is 4.07. The van der Waals surface area contributed by atoms with Crippen molar-refractivity contribution in [3.8, 4) is 0 Å². The molecular weight excluding hydrogens is 182 g/mol. The summed E-state index contributed by atoms with van der Waals surface area (Å²) < 4.78 is 5.10. The molecule has 1 rings (SSSR count). The molecule has 0 aromatic heterocycles. The van der Waals surface area contributed by atoms with Crippen LogP contribution in [0.25, 0.3) is 0 Å². The highest BCUT2D eigenvalue weighted by molar-refractivity contribution is 5.89. The van der Waals surface area contributed by atoms with Crippen molar-refractivity contribution in [2.24, 2.45) is 5.92 Å². The molecule has 0 bridgehead atoms. The van der Waals surface area contributed by atoms with Crippen LogP contribution in [0.1, 0.15) is 26.7 Å². The topological polar surface area (TPSA) is 55.4 Å². The molecular formula is C10H17NO3. The van der Waals surface area contributed by atoms with Crippen molar-refractivity contribution >= 4 is 11.7 Å². The molecule has 1 aliphatic rings. The normalized spacial score (nSPS) is 23.1. The number of carbonyl (C=O) groups excluding carboxylic acids is 2. The second-order valence-corrected chi connectivity index (χ2v) is 3.61. The third-order valence-electron chi connectivity index (χ3n) is 2.49. The van der Waals surface area contributed by atoms with Crippen LogP contribution in [0.2, 0.25) is 0 Å². The van der Waals surface area contributed by atoms with E-state index in [4.69, 9.17) is 4.74 Å². The van der Waals surface area contributed by atoms with Gasteiger partial charge in [-0.1, -0.05) is 6.92 Å². The zero-order chi connectivity index (χ0) is 10.6. The maximum absolute atomic E-state index is 11.5. The molecule has 2 atom stereocenters. The predicted molar refractivity (Wildman–Crippen MR) is 51.8 cm³/mol. The molecule has 0 aliphatic carbocycles. The van der Waals surface area contributed by atoms with Gasteiger partial charge in [-0.15, -0.1) is 0 Å². The van der Waals surface area contributed by atoms with Crippen LogP contribution in [-0.2, 0) is 14.3 Å². The van der Waals surface area contributed by atoms with Gasteiger partial charge in [0.25, 0.3) is 0 Å². The molecule has 0 aromatic rings. The summed E-state index contributed by atoms with van der Waals surface area (Å²) in [7, 11) is 0. The molecule has 1 saturated heterocycles. The zero-order valence-electron chi connectivity index (χ0n) is 8.71. The van der Waals surface area contributed by atoms with Gasteiger partial charge in [-0.05, 0) is 13.3 Å². The Hall–Kier alpha value is -0.900. The van der Waals surface area contributed by atoms with Crippen molar-refractivity contribution < 1.29 is 14.3 Å². The fraction of sp³-hybridized carbons (Fsp3) is 0.800. The number of ether oxygens (including phenoxy) is 1. The SMILES string of the molecule is CCC(=O)C(C)NC(=O)C1CCOC1. The monoisotopic (exact) mass is 199 g/mol. The van der Waals surface area contributed by atoms with Crippen molar-refractivity contribution in [3.05, 3.63) is 0 Å². The van der Waals surface area contributed by atoms with E-state index in [1.165, 1.54) is 0 Å². The molecule has 4 nitrogen and oxygen atoms in total. The maximum Gasteiger partial charge on any atom is 0.226 e. The molecule has 80 valence electrons. The van der Waals surface area contributed by atoms with Crippen molar-refractivity contribution in [2.45, 2.75) is 32.7 Å². The highest BCUT2D eigenvalue weighted by Gasteiger charge is 2.25. The first kappa shape index (κ1) is 11.2. The van der Waals surface area contributed by atoms with E-state index in [0.29, 0.717) is 19.6 Å². The van der Waals surface area contributed by atoms with Crippen LogP contribution in [0.4, 0.5) is 0 Å². The van der Waals surface area contributed by atoms with E-state index in [0.717, 1.165) is 6.42 Å². The zero-order valence-corrected chi connectivity index (χ0v) is 8.71. The van der Waals surface area contributed by atoms with Crippen LogP contribution >= 0.6 is 0 Å². The number of nitrogens with one attached hydrogen (secondary N) is 1. The smallest absolute Gasteiger partial charge is 0.226 e. The first-order chi connectivity index (χ1) is 6.65. The minimum atomic E-state index is -0.367. The Bertz CT molecular complexity index is 221. The molecule has 1 N–H and O–H groups in total. The van der Waals surface area contributed by atoms with Gasteiger partial charge in [0.2, 0.25) is 5.91 Å². The fourth-order valence-electron chi connectivity index (χ4n) is 1.46. The van der Waals surface area contributed by atoms with E-state index in [9.17, 15) is 9.59 Å². The summed E-state index contributed by atoms with van der Waals surface area (Å²) in [6.45, 7) is 4.65. The van der Waals surface area contributed by atoms with Crippen LogP contribution in [0.3, 0.4) is 0 Å². The number of amides is 1. The average Bonchev–Trinajstić information content (AvgIpc) is 2.69. The van der Waals surface area contributed by atoms with Crippen molar-refractivity contribution in [2.75, 3.05) is 13.2 Å². The van der Waals surface area contributed by atoms with E-state index in [1.807, 2.05) is 0 Å². The minimum Gasteiger partial charge on any atom is -0.381 e. The van der Waals surface area contributed by atoms with Gasteiger partial charge >= 0.3 is 0 Å². The number of ketones is 1. The first-order valence-corrected chi connectivity index (χ1v) is 5.06. The van der Waals surface area contributed by atoms with Gasteiger partial charge < -0.3 is 10.1 Å². The van der Waals surface area contributed by atoms with E-state index in [-0.39, 0.29) is 23.7 Å². The standard InChI is InChI=1S/C10H17NO3/c1-3-9(12)7(2)11-10(13)8-4-5-14-6-8/h7-8H,3-6H2,1-2H3,(H,11,13). The molecule has 1 aliphatic heterocycles. The van der Waals surface area contributed by atoms with Gasteiger partial charge in [-0.25, -0.2) is 0 Å². The van der Waals surface area contributed by atoms with Gasteiger partial charge in [0.05, 0.1) is 18.6 Å². The van der Waals surface area contributed by atoms with Gasteiger partial charge in [0, 0.05) is 13.0 Å². The van der Waals surface area contributed by atoms with E-state index in [1.54, 1.807) is 13.8 Å². The lowest BCUT2D eigenvalue weighted by molar-refractivity contribution is -0.129. The Labute approximate surface area is 84.0 Å². The summed E-state index contributed by atoms with van der Waals surface area (Å²) in [6, 6.07) is -0.367. The molecule has 1 amide bonds. The molecule has 14 heavy (non-hydrogen) atoms. The second kappa shape index (κ2) is 5.10. The van der Waals surface area contributed by atoms with Crippen molar-refractivity contribution in [1.82, 2.24) is 5.32 Å². The first-order valence-electron chi connectivity index (χ1n) is 5.06. The number of carbonyl (C=O) groups is 2. The molecule has 0 spiro atoms. The molecule has 1 fully saturated rings. The summed E-state index contributed by atoms with van der Waals surface area (Å²) >= 11 is 0. The van der Waals surface area contributed by atoms with E-state index >= 15 is 0 Å². The number of Topliss-reactive ketones (excluding diaryl/α,β-unsaturated/α-hetero) is 1. The van der Waals surface area contributed by atoms with Gasteiger partial charge in [0.1, 0.15) is 0 Å². The highest BCUT2D eigenvalue weighted by atomic mass is 16.5. The number of hydrogen-bond acceptors (Lipinski definition) is 3. The second-order valence-electron chi connectivity index (χ2n) is 3.61. The molecule has 1 heterocycles. The third kappa shape index (κ3) is 2.80. The number of rotatable bonds is 4. The molecule has 0 aromatic carbocycles. The predicted octanol–water partition coefficient (Wildman–Crippen LogP) is 0.507. The molecule has 0 saturated carbocycles. The number of hydrogen-bond donors (Lipinski definition) is 1. The third-order valence-corrected chi connectivity index (χ3v) is 2.49. The van der Waals surface area contributed by atoms with Crippen LogP contribution in [-0.4, -0.2) is 30.9 Å². The Morgan fingerprint density at radius 3 is 2.79 bits per heavy atom. The van der Waals surface area contributed by atoms with Crippen LogP contribution in [0, 0.1) is 5.92 Å². The van der Waals surface area contributed by atoms with Crippen LogP contribution in [0.5, 0.6) is 0 Å². The lowest BCUT2D eigenvalue weighted by Crippen LogP contribution is -2.41.